The molecule has 0 atom stereocenters. The third-order valence-corrected chi connectivity index (χ3v) is 0. The molecule has 0 aliphatic rings. The smallest absolute Gasteiger partial charge is 0.299 e. The Bertz CT molecular complexity index is 480. The number of rotatable bonds is 0. The molecule has 12 N–H and O–H groups in total. The van der Waals surface area contributed by atoms with Crippen molar-refractivity contribution in [2.45, 2.75) is 0 Å². The zero-order chi connectivity index (χ0) is 27.0. The van der Waals surface area contributed by atoms with Gasteiger partial charge in [-0.2, -0.15) is 0 Å². The van der Waals surface area contributed by atoms with Crippen LogP contribution in [0.2, 0.25) is 0 Å². The van der Waals surface area contributed by atoms with Crippen LogP contribution >= 0.6 is 47.4 Å². The van der Waals surface area contributed by atoms with Gasteiger partial charge in [-0.15, -0.1) is 25.2 Å². The monoisotopic (exact) mass is 607 g/mol. The predicted octanol–water partition coefficient (Wildman–Crippen LogP) is -2.70. The molecule has 0 bridgehead atoms. The number of hydrogen-bond donors (Lipinski definition) is 12. The van der Waals surface area contributed by atoms with Crippen LogP contribution < -0.4 is 18.9 Å². The van der Waals surface area contributed by atoms with Gasteiger partial charge in [0.1, 0.15) is 0 Å². The van der Waals surface area contributed by atoms with Gasteiger partial charge in [0.25, 0.3) is 0 Å². The fraction of sp³-hybridized carbons (Fsp3) is 0. The standard InChI is InChI=1S/6FH2O3P.Li/c6*1-5(2,3)4;/h6*(H2,2,3,4);/q;;;;;;+1. The first kappa shape index (κ1) is 49.3. The zero-order valence-electron chi connectivity index (χ0n) is 13.8. The molecule has 0 fully saturated rings. The maximum absolute atomic E-state index is 10.4. The normalized spacial score (nSPS) is 11.4. The van der Waals surface area contributed by atoms with Crippen LogP contribution in [0.1, 0.15) is 0 Å². The summed E-state index contributed by atoms with van der Waals surface area (Å²) in [4.78, 5) is 83.6. The SMILES string of the molecule is O=P(O)(O)F.O=P(O)(O)F.O=P(O)(O)F.O=P(O)(O)F.O=P(O)(O)F.O=P(O)(O)F.[Li+]. The molecular weight excluding hydrogens is 595 g/mol. The summed E-state index contributed by atoms with van der Waals surface area (Å²) in [7, 11) is -30.8. The summed E-state index contributed by atoms with van der Waals surface area (Å²) in [5, 5.41) is 0. The van der Waals surface area contributed by atoms with Crippen LogP contribution in [0.4, 0.5) is 25.2 Å². The van der Waals surface area contributed by atoms with Crippen molar-refractivity contribution in [1.82, 2.24) is 0 Å². The Morgan fingerprint density at radius 3 is 0.290 bits per heavy atom. The van der Waals surface area contributed by atoms with E-state index in [0.29, 0.717) is 0 Å². The predicted molar refractivity (Wildman–Crippen MR) is 78.9 cm³/mol. The molecule has 0 unspecified atom stereocenters. The molecule has 0 spiro atoms. The summed E-state index contributed by atoms with van der Waals surface area (Å²) >= 11 is 0. The van der Waals surface area contributed by atoms with E-state index in [1.54, 1.807) is 0 Å². The Kier molecular flexibility index (Phi) is 32.5. The van der Waals surface area contributed by atoms with Gasteiger partial charge in [0.2, 0.25) is 0 Å². The molecule has 192 valence electrons. The zero-order valence-corrected chi connectivity index (χ0v) is 19.1. The summed E-state index contributed by atoms with van der Waals surface area (Å²) in [6.07, 6.45) is 0. The van der Waals surface area contributed by atoms with Gasteiger partial charge in [-0.1, -0.05) is 0 Å². The van der Waals surface area contributed by atoms with Gasteiger partial charge in [-0.3, -0.25) is 58.7 Å². The largest absolute Gasteiger partial charge is 1.00 e. The minimum Gasteiger partial charge on any atom is -0.299 e. The second-order valence-electron chi connectivity index (χ2n) is 2.84. The summed E-state index contributed by atoms with van der Waals surface area (Å²) in [6, 6.07) is 0. The molecule has 0 aromatic heterocycles. The molecule has 0 rings (SSSR count). The molecule has 18 nitrogen and oxygen atoms in total. The topological polar surface area (TPSA) is 345 Å². The van der Waals surface area contributed by atoms with E-state index in [0.717, 1.165) is 0 Å². The van der Waals surface area contributed by atoms with Crippen molar-refractivity contribution in [2.24, 2.45) is 0 Å². The van der Waals surface area contributed by atoms with Crippen molar-refractivity contribution in [3.8, 4) is 0 Å². The summed E-state index contributed by atoms with van der Waals surface area (Å²) < 4.78 is 114. The Hall–Kier alpha value is 1.08. The van der Waals surface area contributed by atoms with Gasteiger partial charge >= 0.3 is 66.3 Å². The maximum atomic E-state index is 10.4. The third kappa shape index (κ3) is 22600. The second kappa shape index (κ2) is 20.5. The van der Waals surface area contributed by atoms with E-state index < -0.39 is 47.4 Å². The van der Waals surface area contributed by atoms with Crippen molar-refractivity contribution in [3.05, 3.63) is 0 Å². The molecule has 0 aliphatic heterocycles. The molecule has 0 heterocycles. The molecule has 31 heavy (non-hydrogen) atoms. The van der Waals surface area contributed by atoms with Crippen LogP contribution in [0.15, 0.2) is 0 Å². The van der Waals surface area contributed by atoms with Crippen LogP contribution in [0.25, 0.3) is 0 Å². The van der Waals surface area contributed by atoms with E-state index in [1.165, 1.54) is 0 Å². The molecule has 31 heteroatoms. The van der Waals surface area contributed by atoms with Crippen molar-refractivity contribution >= 4 is 47.4 Å². The Morgan fingerprint density at radius 1 is 0.290 bits per heavy atom. The summed E-state index contributed by atoms with van der Waals surface area (Å²) in [5.41, 5.74) is 0. The van der Waals surface area contributed by atoms with E-state index in [2.05, 4.69) is 0 Å². The van der Waals surface area contributed by atoms with E-state index in [4.69, 9.17) is 86.1 Å². The molecule has 0 saturated heterocycles. The van der Waals surface area contributed by atoms with Gasteiger partial charge in [0.05, 0.1) is 0 Å². The first-order chi connectivity index (χ1) is 12.0. The number of halogens is 6. The van der Waals surface area contributed by atoms with E-state index in [9.17, 15) is 25.2 Å². The van der Waals surface area contributed by atoms with Gasteiger partial charge in [-0.05, 0) is 0 Å². The minimum absolute atomic E-state index is 0. The molecule has 0 aromatic rings. The maximum Gasteiger partial charge on any atom is 1.00 e. The van der Waals surface area contributed by atoms with Gasteiger partial charge in [-0.25, -0.2) is 27.4 Å². The summed E-state index contributed by atoms with van der Waals surface area (Å²) in [5.74, 6) is 0. The van der Waals surface area contributed by atoms with Crippen molar-refractivity contribution < 1.29 is 130 Å². The van der Waals surface area contributed by atoms with Crippen molar-refractivity contribution in [2.75, 3.05) is 0 Å². The molecule has 0 amide bonds. The fourth-order valence-corrected chi connectivity index (χ4v) is 0. The van der Waals surface area contributed by atoms with Gasteiger partial charge < -0.3 is 0 Å². The molecule has 0 radical (unpaired) electrons. The molecule has 0 saturated carbocycles. The number of hydrogen-bond acceptors (Lipinski definition) is 6. The molecule has 0 aliphatic carbocycles. The molecule has 0 aromatic carbocycles. The van der Waals surface area contributed by atoms with Gasteiger partial charge in [0.15, 0.2) is 0 Å². The Labute approximate surface area is 178 Å². The van der Waals surface area contributed by atoms with Crippen LogP contribution in [0, 0.1) is 0 Å². The van der Waals surface area contributed by atoms with E-state index in [1.807, 2.05) is 0 Å². The van der Waals surface area contributed by atoms with Crippen LogP contribution in [0.3, 0.4) is 0 Å². The first-order valence-electron chi connectivity index (χ1n) is 4.51. The summed E-state index contributed by atoms with van der Waals surface area (Å²) in [6.45, 7) is 0. The molecular formula is H12F6LiO18P6+. The van der Waals surface area contributed by atoms with Gasteiger partial charge in [0, 0.05) is 0 Å². The van der Waals surface area contributed by atoms with Crippen LogP contribution in [-0.2, 0) is 27.4 Å². The van der Waals surface area contributed by atoms with Crippen molar-refractivity contribution in [3.63, 3.8) is 0 Å². The van der Waals surface area contributed by atoms with Crippen LogP contribution in [0.5, 0.6) is 0 Å². The average molecular weight is 607 g/mol. The van der Waals surface area contributed by atoms with E-state index in [-0.39, 0.29) is 18.9 Å². The minimum atomic E-state index is -5.14. The Morgan fingerprint density at radius 2 is 0.290 bits per heavy atom. The fourth-order valence-electron chi connectivity index (χ4n) is 0. The van der Waals surface area contributed by atoms with Crippen molar-refractivity contribution in [1.29, 1.82) is 0 Å². The average Bonchev–Trinajstić information content (AvgIpc) is 1.94. The third-order valence-electron chi connectivity index (χ3n) is 0. The first-order valence-corrected chi connectivity index (χ1v) is 13.5. The van der Waals surface area contributed by atoms with Crippen LogP contribution in [-0.4, -0.2) is 58.7 Å². The van der Waals surface area contributed by atoms with E-state index >= 15 is 0 Å². The quantitative estimate of drug-likeness (QED) is 0.0757. The Balaban J connectivity index is -0.0000000443. The second-order valence-corrected chi connectivity index (χ2v) is 8.51.